The molecule has 26 heavy (non-hydrogen) atoms. The van der Waals surface area contributed by atoms with Crippen molar-refractivity contribution in [2.45, 2.75) is 44.3 Å². The molecule has 6 heteroatoms. The number of aryl methyl sites for hydroxylation is 1. The van der Waals surface area contributed by atoms with Crippen molar-refractivity contribution in [3.63, 3.8) is 0 Å². The summed E-state index contributed by atoms with van der Waals surface area (Å²) >= 11 is 0. The summed E-state index contributed by atoms with van der Waals surface area (Å²) < 4.78 is 19.7. The van der Waals surface area contributed by atoms with E-state index in [9.17, 15) is 14.0 Å². The second-order valence-corrected chi connectivity index (χ2v) is 7.56. The van der Waals surface area contributed by atoms with Crippen molar-refractivity contribution < 1.29 is 18.7 Å². The molecule has 3 fully saturated rings. The number of carbonyl (C=O) groups excluding carboxylic acids is 2. The highest BCUT2D eigenvalue weighted by atomic mass is 19.1. The van der Waals surface area contributed by atoms with Crippen LogP contribution in [0.3, 0.4) is 0 Å². The minimum atomic E-state index is -0.265. The number of fused-ring (bicyclic) bond motifs is 2. The first-order chi connectivity index (χ1) is 12.6. The highest BCUT2D eigenvalue weighted by Crippen LogP contribution is 2.34. The average Bonchev–Trinajstić information content (AvgIpc) is 3.28. The van der Waals surface area contributed by atoms with E-state index in [1.807, 2.05) is 4.90 Å². The van der Waals surface area contributed by atoms with Gasteiger partial charge in [0.05, 0.1) is 18.1 Å². The lowest BCUT2D eigenvalue weighted by Gasteiger charge is -2.33. The quantitative estimate of drug-likeness (QED) is 0.825. The molecule has 0 saturated carbocycles. The van der Waals surface area contributed by atoms with Crippen molar-refractivity contribution in [1.82, 2.24) is 9.80 Å². The van der Waals surface area contributed by atoms with Gasteiger partial charge in [-0.15, -0.1) is 0 Å². The van der Waals surface area contributed by atoms with Gasteiger partial charge in [-0.25, -0.2) is 4.39 Å². The van der Waals surface area contributed by atoms with Gasteiger partial charge in [-0.2, -0.15) is 0 Å². The Balaban J connectivity index is 1.34. The summed E-state index contributed by atoms with van der Waals surface area (Å²) in [4.78, 5) is 29.0. The molecule has 1 aromatic rings. The Kier molecular flexibility index (Phi) is 4.94. The summed E-state index contributed by atoms with van der Waals surface area (Å²) in [6.07, 6.45) is 3.29. The molecule has 4 rings (SSSR count). The van der Waals surface area contributed by atoms with Gasteiger partial charge >= 0.3 is 0 Å². The van der Waals surface area contributed by atoms with Crippen molar-refractivity contribution in [2.24, 2.45) is 5.92 Å². The van der Waals surface area contributed by atoms with E-state index in [2.05, 4.69) is 0 Å². The maximum absolute atomic E-state index is 13.7. The average molecular weight is 360 g/mol. The molecule has 2 amide bonds. The van der Waals surface area contributed by atoms with Gasteiger partial charge < -0.3 is 14.5 Å². The van der Waals surface area contributed by atoms with Crippen LogP contribution in [0.2, 0.25) is 0 Å². The predicted octanol–water partition coefficient (Wildman–Crippen LogP) is 2.00. The lowest BCUT2D eigenvalue weighted by atomic mass is 9.99. The van der Waals surface area contributed by atoms with Crippen molar-refractivity contribution >= 4 is 11.8 Å². The Morgan fingerprint density at radius 3 is 2.65 bits per heavy atom. The molecule has 2 bridgehead atoms. The van der Waals surface area contributed by atoms with Crippen LogP contribution in [0.15, 0.2) is 24.3 Å². The molecule has 0 aliphatic carbocycles. The fraction of sp³-hybridized carbons (Fsp3) is 0.600. The molecule has 0 aromatic heterocycles. The van der Waals surface area contributed by atoms with Crippen LogP contribution in [-0.4, -0.2) is 60.0 Å². The lowest BCUT2D eigenvalue weighted by Crippen LogP contribution is -2.48. The predicted molar refractivity (Wildman–Crippen MR) is 93.9 cm³/mol. The second-order valence-electron chi connectivity index (χ2n) is 7.56. The van der Waals surface area contributed by atoms with E-state index in [4.69, 9.17) is 4.74 Å². The normalized spacial score (nSPS) is 27.8. The Morgan fingerprint density at radius 1 is 1.12 bits per heavy atom. The Morgan fingerprint density at radius 2 is 1.88 bits per heavy atom. The third kappa shape index (κ3) is 3.47. The van der Waals surface area contributed by atoms with Crippen LogP contribution >= 0.6 is 0 Å². The monoisotopic (exact) mass is 360 g/mol. The molecule has 3 aliphatic heterocycles. The van der Waals surface area contributed by atoms with Crippen LogP contribution in [0.5, 0.6) is 0 Å². The van der Waals surface area contributed by atoms with E-state index in [1.54, 1.807) is 23.1 Å². The van der Waals surface area contributed by atoms with Crippen LogP contribution in [-0.2, 0) is 20.7 Å². The van der Waals surface area contributed by atoms with E-state index in [-0.39, 0.29) is 42.2 Å². The maximum atomic E-state index is 13.7. The maximum Gasteiger partial charge on any atom is 0.228 e. The standard InChI is InChI=1S/C20H25FN2O3/c21-17-6-2-1-5-14(17)7-8-19(24)23-12-15-11-16(18(13-23)26-15)20(25)22-9-3-4-10-22/h1-2,5-6,15-16,18H,3-4,7-13H2. The van der Waals surface area contributed by atoms with Crippen molar-refractivity contribution in [3.8, 4) is 0 Å². The van der Waals surface area contributed by atoms with Crippen LogP contribution in [0, 0.1) is 11.7 Å². The van der Waals surface area contributed by atoms with Crippen molar-refractivity contribution in [2.75, 3.05) is 26.2 Å². The molecular formula is C20H25FN2O3. The molecule has 0 N–H and O–H groups in total. The fourth-order valence-electron chi connectivity index (χ4n) is 4.39. The first kappa shape index (κ1) is 17.5. The van der Waals surface area contributed by atoms with Gasteiger partial charge in [-0.3, -0.25) is 9.59 Å². The minimum Gasteiger partial charge on any atom is -0.370 e. The summed E-state index contributed by atoms with van der Waals surface area (Å²) in [6.45, 7) is 2.70. The molecule has 3 saturated heterocycles. The van der Waals surface area contributed by atoms with Crippen LogP contribution in [0.25, 0.3) is 0 Å². The summed E-state index contributed by atoms with van der Waals surface area (Å²) in [7, 11) is 0. The van der Waals surface area contributed by atoms with Gasteiger partial charge in [0.25, 0.3) is 0 Å². The molecular weight excluding hydrogens is 335 g/mol. The summed E-state index contributed by atoms with van der Waals surface area (Å²) in [6, 6.07) is 6.57. The van der Waals surface area contributed by atoms with E-state index in [0.717, 1.165) is 25.9 Å². The van der Waals surface area contributed by atoms with Crippen LogP contribution in [0.4, 0.5) is 4.39 Å². The zero-order valence-corrected chi connectivity index (χ0v) is 14.9. The number of nitrogens with zero attached hydrogens (tertiary/aromatic N) is 2. The lowest BCUT2D eigenvalue weighted by molar-refractivity contribution is -0.145. The number of ether oxygens (including phenoxy) is 1. The Bertz CT molecular complexity index is 689. The fourth-order valence-corrected chi connectivity index (χ4v) is 4.39. The molecule has 3 unspecified atom stereocenters. The van der Waals surface area contributed by atoms with E-state index in [1.165, 1.54) is 6.07 Å². The summed E-state index contributed by atoms with van der Waals surface area (Å²) in [5, 5.41) is 0. The Hall–Kier alpha value is -1.95. The number of hydrogen-bond acceptors (Lipinski definition) is 3. The number of amides is 2. The smallest absolute Gasteiger partial charge is 0.228 e. The zero-order valence-electron chi connectivity index (χ0n) is 14.9. The number of rotatable bonds is 4. The number of likely N-dealkylation sites (tertiary alicyclic amines) is 2. The number of morpholine rings is 1. The number of carbonyl (C=O) groups is 2. The first-order valence-electron chi connectivity index (χ1n) is 9.57. The number of hydrogen-bond donors (Lipinski definition) is 0. The van der Waals surface area contributed by atoms with Crippen LogP contribution in [0.1, 0.15) is 31.2 Å². The minimum absolute atomic E-state index is 0.0147. The third-order valence-electron chi connectivity index (χ3n) is 5.81. The van der Waals surface area contributed by atoms with Gasteiger partial charge in [-0.1, -0.05) is 18.2 Å². The topological polar surface area (TPSA) is 49.9 Å². The van der Waals surface area contributed by atoms with E-state index >= 15 is 0 Å². The van der Waals surface area contributed by atoms with Crippen molar-refractivity contribution in [3.05, 3.63) is 35.6 Å². The molecule has 140 valence electrons. The molecule has 3 heterocycles. The highest BCUT2D eigenvalue weighted by Gasteiger charge is 2.46. The van der Waals surface area contributed by atoms with Gasteiger partial charge in [0.2, 0.25) is 11.8 Å². The number of halogens is 1. The van der Waals surface area contributed by atoms with Gasteiger partial charge in [0.1, 0.15) is 5.82 Å². The largest absolute Gasteiger partial charge is 0.370 e. The zero-order chi connectivity index (χ0) is 18.1. The summed E-state index contributed by atoms with van der Waals surface area (Å²) in [5.74, 6) is -0.183. The van der Waals surface area contributed by atoms with Gasteiger partial charge in [0.15, 0.2) is 0 Å². The van der Waals surface area contributed by atoms with Crippen molar-refractivity contribution in [1.29, 1.82) is 0 Å². The number of benzene rings is 1. The third-order valence-corrected chi connectivity index (χ3v) is 5.81. The first-order valence-corrected chi connectivity index (χ1v) is 9.57. The van der Waals surface area contributed by atoms with E-state index < -0.39 is 0 Å². The highest BCUT2D eigenvalue weighted by molar-refractivity contribution is 5.81. The van der Waals surface area contributed by atoms with Crippen LogP contribution < -0.4 is 0 Å². The SMILES string of the molecule is O=C(CCc1ccccc1F)N1CC2CC(C(=O)N3CCCC3)C(C1)O2. The molecule has 5 nitrogen and oxygen atoms in total. The van der Waals surface area contributed by atoms with Gasteiger partial charge in [0, 0.05) is 32.6 Å². The molecule has 0 radical (unpaired) electrons. The Labute approximate surface area is 153 Å². The second kappa shape index (κ2) is 7.35. The molecule has 3 atom stereocenters. The van der Waals surface area contributed by atoms with E-state index in [0.29, 0.717) is 31.5 Å². The van der Waals surface area contributed by atoms with Gasteiger partial charge in [-0.05, 0) is 37.3 Å². The molecule has 1 aromatic carbocycles. The molecule has 0 spiro atoms. The molecule has 3 aliphatic rings. The summed E-state index contributed by atoms with van der Waals surface area (Å²) in [5.41, 5.74) is 0.569.